The summed E-state index contributed by atoms with van der Waals surface area (Å²) in [6, 6.07) is 10.1. The second-order valence-corrected chi connectivity index (χ2v) is 5.48. The lowest BCUT2D eigenvalue weighted by molar-refractivity contribution is 0.687. The van der Waals surface area contributed by atoms with Gasteiger partial charge in [-0.1, -0.05) is 18.2 Å². The van der Waals surface area contributed by atoms with E-state index in [1.807, 2.05) is 29.1 Å². The topological polar surface area (TPSA) is 89.6 Å². The van der Waals surface area contributed by atoms with Crippen molar-refractivity contribution < 1.29 is 0 Å². The molecule has 0 aliphatic carbocycles. The van der Waals surface area contributed by atoms with Crippen molar-refractivity contribution in [2.24, 2.45) is 0 Å². The highest BCUT2D eigenvalue weighted by Gasteiger charge is 2.11. The third-order valence-corrected chi connectivity index (χ3v) is 3.88. The number of nitrogens with one attached hydrogen (secondary N) is 1. The van der Waals surface area contributed by atoms with Crippen LogP contribution in [0.5, 0.6) is 0 Å². The zero-order valence-corrected chi connectivity index (χ0v) is 12.5. The molecule has 116 valence electrons. The Hall–Kier alpha value is -3.55. The van der Waals surface area contributed by atoms with Crippen molar-refractivity contribution in [3.63, 3.8) is 0 Å². The smallest absolute Gasteiger partial charge is 0.182 e. The zero-order chi connectivity index (χ0) is 15.9. The van der Waals surface area contributed by atoms with E-state index in [-0.39, 0.29) is 0 Å². The Morgan fingerprint density at radius 2 is 2.17 bits per heavy atom. The molecule has 0 atom stereocenters. The van der Waals surface area contributed by atoms with Gasteiger partial charge in [0.15, 0.2) is 17.1 Å². The third kappa shape index (κ3) is 2.04. The summed E-state index contributed by atoms with van der Waals surface area (Å²) in [5.74, 6) is 0.660. The standard InChI is InChI=1S/C16H12N8/c1-3-11(9-23-6-2-5-19-23)7-12(4-1)14-20-16-13-8-18-21-15(13)17-10-24(16)22-14/h1-8,10H,9H2,(H,18,21). The Kier molecular flexibility index (Phi) is 2.69. The molecule has 1 N–H and O–H groups in total. The maximum absolute atomic E-state index is 4.65. The van der Waals surface area contributed by atoms with Gasteiger partial charge < -0.3 is 0 Å². The van der Waals surface area contributed by atoms with Crippen molar-refractivity contribution in [1.29, 1.82) is 0 Å². The van der Waals surface area contributed by atoms with Crippen molar-refractivity contribution in [2.45, 2.75) is 6.54 Å². The molecule has 0 saturated carbocycles. The van der Waals surface area contributed by atoms with Gasteiger partial charge in [-0.3, -0.25) is 9.78 Å². The quantitative estimate of drug-likeness (QED) is 0.549. The first-order valence-electron chi connectivity index (χ1n) is 7.48. The van der Waals surface area contributed by atoms with E-state index in [0.29, 0.717) is 18.0 Å². The summed E-state index contributed by atoms with van der Waals surface area (Å²) in [4.78, 5) is 8.93. The molecule has 8 heteroatoms. The molecule has 1 aromatic carbocycles. The van der Waals surface area contributed by atoms with Crippen LogP contribution < -0.4 is 0 Å². The first kappa shape index (κ1) is 12.9. The molecule has 4 heterocycles. The number of H-pyrrole nitrogens is 1. The van der Waals surface area contributed by atoms with Gasteiger partial charge in [0.25, 0.3) is 0 Å². The van der Waals surface area contributed by atoms with Gasteiger partial charge in [-0.05, 0) is 17.7 Å². The van der Waals surface area contributed by atoms with Crippen LogP contribution in [0.4, 0.5) is 0 Å². The first-order chi connectivity index (χ1) is 11.9. The zero-order valence-electron chi connectivity index (χ0n) is 12.5. The highest BCUT2D eigenvalue weighted by molar-refractivity contribution is 5.88. The SMILES string of the molecule is c1cc(Cn2cccn2)cc(-c2nc3c4cn[nH]c4ncn3n2)c1. The predicted octanol–water partition coefficient (Wildman–Crippen LogP) is 1.91. The summed E-state index contributed by atoms with van der Waals surface area (Å²) in [5.41, 5.74) is 3.54. The Balaban J connectivity index is 1.59. The average molecular weight is 316 g/mol. The number of hydrogen-bond donors (Lipinski definition) is 1. The van der Waals surface area contributed by atoms with Crippen molar-refractivity contribution in [1.82, 2.24) is 39.6 Å². The lowest BCUT2D eigenvalue weighted by Crippen LogP contribution is -1.99. The fourth-order valence-electron chi connectivity index (χ4n) is 2.75. The van der Waals surface area contributed by atoms with Gasteiger partial charge in [-0.2, -0.15) is 10.2 Å². The van der Waals surface area contributed by atoms with E-state index in [4.69, 9.17) is 0 Å². The summed E-state index contributed by atoms with van der Waals surface area (Å²) in [6.07, 6.45) is 7.07. The molecule has 24 heavy (non-hydrogen) atoms. The fourth-order valence-corrected chi connectivity index (χ4v) is 2.75. The predicted molar refractivity (Wildman–Crippen MR) is 87.2 cm³/mol. The number of fused-ring (bicyclic) bond motifs is 3. The molecule has 0 aliphatic rings. The van der Waals surface area contributed by atoms with Crippen LogP contribution in [0.25, 0.3) is 28.1 Å². The van der Waals surface area contributed by atoms with Crippen LogP contribution in [0.1, 0.15) is 5.56 Å². The van der Waals surface area contributed by atoms with E-state index in [2.05, 4.69) is 42.5 Å². The highest BCUT2D eigenvalue weighted by atomic mass is 15.3. The van der Waals surface area contributed by atoms with Crippen LogP contribution in [0, 0.1) is 0 Å². The van der Waals surface area contributed by atoms with Gasteiger partial charge in [0.05, 0.1) is 18.1 Å². The largest absolute Gasteiger partial charge is 0.268 e. The summed E-state index contributed by atoms with van der Waals surface area (Å²) in [7, 11) is 0. The van der Waals surface area contributed by atoms with Crippen LogP contribution in [0.3, 0.4) is 0 Å². The molecule has 8 nitrogen and oxygen atoms in total. The minimum absolute atomic E-state index is 0.660. The van der Waals surface area contributed by atoms with Gasteiger partial charge in [0, 0.05) is 18.0 Å². The van der Waals surface area contributed by atoms with Crippen LogP contribution in [-0.2, 0) is 6.54 Å². The molecular formula is C16H12N8. The molecule has 0 fully saturated rings. The van der Waals surface area contributed by atoms with Crippen LogP contribution in [0.15, 0.2) is 55.2 Å². The van der Waals surface area contributed by atoms with Gasteiger partial charge >= 0.3 is 0 Å². The highest BCUT2D eigenvalue weighted by Crippen LogP contribution is 2.21. The Bertz CT molecular complexity index is 1140. The lowest BCUT2D eigenvalue weighted by Gasteiger charge is -2.03. The Labute approximate surface area is 135 Å². The molecular weight excluding hydrogens is 304 g/mol. The van der Waals surface area contributed by atoms with Crippen LogP contribution in [0.2, 0.25) is 0 Å². The molecule has 5 aromatic rings. The number of aromatic amines is 1. The van der Waals surface area contributed by atoms with Crippen molar-refractivity contribution in [3.8, 4) is 11.4 Å². The van der Waals surface area contributed by atoms with E-state index in [1.165, 1.54) is 0 Å². The van der Waals surface area contributed by atoms with Crippen molar-refractivity contribution in [2.75, 3.05) is 0 Å². The second-order valence-electron chi connectivity index (χ2n) is 5.48. The maximum Gasteiger partial charge on any atom is 0.182 e. The summed E-state index contributed by atoms with van der Waals surface area (Å²) >= 11 is 0. The summed E-state index contributed by atoms with van der Waals surface area (Å²) in [5, 5.41) is 16.5. The number of aromatic nitrogens is 8. The Morgan fingerprint density at radius 1 is 1.17 bits per heavy atom. The van der Waals surface area contributed by atoms with Crippen molar-refractivity contribution >= 4 is 16.7 Å². The van der Waals surface area contributed by atoms with Crippen LogP contribution >= 0.6 is 0 Å². The molecule has 0 radical (unpaired) electrons. The van der Waals surface area contributed by atoms with Gasteiger partial charge in [-0.25, -0.2) is 14.5 Å². The maximum atomic E-state index is 4.65. The Morgan fingerprint density at radius 3 is 3.08 bits per heavy atom. The number of nitrogens with zero attached hydrogens (tertiary/aromatic N) is 7. The summed E-state index contributed by atoms with van der Waals surface area (Å²) < 4.78 is 3.56. The van der Waals surface area contributed by atoms with E-state index in [0.717, 1.165) is 22.2 Å². The average Bonchev–Trinajstić information content (AvgIpc) is 3.34. The van der Waals surface area contributed by atoms with Crippen molar-refractivity contribution in [3.05, 3.63) is 60.8 Å². The van der Waals surface area contributed by atoms with Gasteiger partial charge in [0.2, 0.25) is 0 Å². The molecule has 4 aromatic heterocycles. The third-order valence-electron chi connectivity index (χ3n) is 3.88. The molecule has 5 rings (SSSR count). The minimum atomic E-state index is 0.660. The fraction of sp³-hybridized carbons (Fsp3) is 0.0625. The molecule has 0 spiro atoms. The number of benzene rings is 1. The molecule has 0 aliphatic heterocycles. The molecule has 0 unspecified atom stereocenters. The van der Waals surface area contributed by atoms with Crippen LogP contribution in [-0.4, -0.2) is 39.6 Å². The van der Waals surface area contributed by atoms with E-state index in [9.17, 15) is 0 Å². The van der Waals surface area contributed by atoms with Gasteiger partial charge in [-0.15, -0.1) is 5.10 Å². The van der Waals surface area contributed by atoms with E-state index >= 15 is 0 Å². The number of hydrogen-bond acceptors (Lipinski definition) is 5. The van der Waals surface area contributed by atoms with E-state index < -0.39 is 0 Å². The molecule has 0 bridgehead atoms. The first-order valence-corrected chi connectivity index (χ1v) is 7.48. The molecule has 0 saturated heterocycles. The normalized spacial score (nSPS) is 11.5. The monoisotopic (exact) mass is 316 g/mol. The second kappa shape index (κ2) is 4.98. The minimum Gasteiger partial charge on any atom is -0.268 e. The summed E-state index contributed by atoms with van der Waals surface area (Å²) in [6.45, 7) is 0.710. The van der Waals surface area contributed by atoms with E-state index in [1.54, 1.807) is 23.2 Å². The lowest BCUT2D eigenvalue weighted by atomic mass is 10.1. The van der Waals surface area contributed by atoms with Gasteiger partial charge in [0.1, 0.15) is 6.33 Å². The number of rotatable bonds is 3. The molecule has 0 amide bonds.